The van der Waals surface area contributed by atoms with Crippen molar-refractivity contribution < 1.29 is 18.3 Å². The van der Waals surface area contributed by atoms with Crippen LogP contribution in [0.4, 0.5) is 13.6 Å². The molecule has 1 aromatic rings. The number of amides is 2. The highest BCUT2D eigenvalue weighted by atomic mass is 19.1. The zero-order valence-corrected chi connectivity index (χ0v) is 11.3. The standard InChI is InChI=1S/C13H17F2N3O2/c1-8(2)3-4-20-12-10(14)5-9(6-11(12)15)7-17-18-13(16)19/h5-8H,3-4H2,1-2H3,(H3,16,18,19). The van der Waals surface area contributed by atoms with E-state index < -0.39 is 23.4 Å². The molecular formula is C13H17F2N3O2. The zero-order chi connectivity index (χ0) is 15.1. The Morgan fingerprint density at radius 3 is 2.55 bits per heavy atom. The molecule has 0 aliphatic heterocycles. The van der Waals surface area contributed by atoms with Gasteiger partial charge in [0.1, 0.15) is 0 Å². The molecule has 110 valence electrons. The Bertz CT molecular complexity index is 481. The highest BCUT2D eigenvalue weighted by Crippen LogP contribution is 2.23. The number of carbonyl (C=O) groups excluding carboxylic acids is 1. The van der Waals surface area contributed by atoms with E-state index in [-0.39, 0.29) is 12.2 Å². The molecule has 0 fully saturated rings. The summed E-state index contributed by atoms with van der Waals surface area (Å²) in [6.07, 6.45) is 1.78. The highest BCUT2D eigenvalue weighted by molar-refractivity contribution is 5.81. The number of benzene rings is 1. The molecule has 0 aliphatic rings. The quantitative estimate of drug-likeness (QED) is 0.622. The Morgan fingerprint density at radius 2 is 2.05 bits per heavy atom. The van der Waals surface area contributed by atoms with Crippen molar-refractivity contribution in [3.8, 4) is 5.75 Å². The highest BCUT2D eigenvalue weighted by Gasteiger charge is 2.12. The molecule has 20 heavy (non-hydrogen) atoms. The second-order valence-corrected chi connectivity index (χ2v) is 4.58. The monoisotopic (exact) mass is 285 g/mol. The molecule has 0 heterocycles. The lowest BCUT2D eigenvalue weighted by atomic mass is 10.1. The fourth-order valence-corrected chi connectivity index (χ4v) is 1.36. The number of primary amides is 1. The van der Waals surface area contributed by atoms with Crippen molar-refractivity contribution in [2.45, 2.75) is 20.3 Å². The van der Waals surface area contributed by atoms with Gasteiger partial charge in [0, 0.05) is 5.56 Å². The summed E-state index contributed by atoms with van der Waals surface area (Å²) in [5.74, 6) is -1.68. The maximum atomic E-state index is 13.7. The van der Waals surface area contributed by atoms with E-state index in [1.807, 2.05) is 19.3 Å². The van der Waals surface area contributed by atoms with Crippen LogP contribution in [0, 0.1) is 17.6 Å². The number of hydrazone groups is 1. The molecule has 0 spiro atoms. The predicted octanol–water partition coefficient (Wildman–Crippen LogP) is 2.39. The maximum absolute atomic E-state index is 13.7. The van der Waals surface area contributed by atoms with E-state index in [1.165, 1.54) is 0 Å². The number of hydrogen-bond acceptors (Lipinski definition) is 3. The summed E-state index contributed by atoms with van der Waals surface area (Å²) in [6.45, 7) is 4.21. The molecule has 5 nitrogen and oxygen atoms in total. The van der Waals surface area contributed by atoms with Crippen LogP contribution in [-0.4, -0.2) is 18.9 Å². The molecule has 1 aromatic carbocycles. The molecule has 0 unspecified atom stereocenters. The third kappa shape index (κ3) is 5.21. The van der Waals surface area contributed by atoms with Crippen LogP contribution in [0.1, 0.15) is 25.8 Å². The second kappa shape index (κ2) is 7.42. The molecule has 0 saturated heterocycles. The van der Waals surface area contributed by atoms with Crippen LogP contribution in [-0.2, 0) is 0 Å². The summed E-state index contributed by atoms with van der Waals surface area (Å²) >= 11 is 0. The molecule has 0 saturated carbocycles. The Hall–Kier alpha value is -2.18. The second-order valence-electron chi connectivity index (χ2n) is 4.58. The van der Waals surface area contributed by atoms with Crippen molar-refractivity contribution in [1.82, 2.24) is 5.43 Å². The number of nitrogens with two attached hydrogens (primary N) is 1. The number of carbonyl (C=O) groups is 1. The maximum Gasteiger partial charge on any atom is 0.332 e. The van der Waals surface area contributed by atoms with Gasteiger partial charge in [-0.2, -0.15) is 5.10 Å². The molecule has 0 radical (unpaired) electrons. The number of nitrogens with zero attached hydrogens (tertiary/aromatic N) is 1. The SMILES string of the molecule is CC(C)CCOc1c(F)cc(C=NNC(N)=O)cc1F. The average Bonchev–Trinajstić information content (AvgIpc) is 2.32. The van der Waals surface area contributed by atoms with Crippen molar-refractivity contribution in [3.05, 3.63) is 29.3 Å². The summed E-state index contributed by atoms with van der Waals surface area (Å²) < 4.78 is 32.5. The van der Waals surface area contributed by atoms with E-state index in [1.54, 1.807) is 0 Å². The van der Waals surface area contributed by atoms with Crippen molar-refractivity contribution in [2.24, 2.45) is 16.8 Å². The fraction of sp³-hybridized carbons (Fsp3) is 0.385. The van der Waals surface area contributed by atoms with E-state index in [0.717, 1.165) is 18.3 Å². The van der Waals surface area contributed by atoms with E-state index in [0.29, 0.717) is 12.3 Å². The van der Waals surface area contributed by atoms with Gasteiger partial charge < -0.3 is 10.5 Å². The van der Waals surface area contributed by atoms with Crippen LogP contribution in [0.15, 0.2) is 17.2 Å². The van der Waals surface area contributed by atoms with Gasteiger partial charge in [0.25, 0.3) is 0 Å². The van der Waals surface area contributed by atoms with Gasteiger partial charge in [-0.05, 0) is 24.5 Å². The minimum atomic E-state index is -0.865. The predicted molar refractivity (Wildman–Crippen MR) is 71.6 cm³/mol. The van der Waals surface area contributed by atoms with Gasteiger partial charge in [0.05, 0.1) is 12.8 Å². The number of ether oxygens (including phenoxy) is 1. The molecule has 0 aromatic heterocycles. The van der Waals surface area contributed by atoms with E-state index >= 15 is 0 Å². The van der Waals surface area contributed by atoms with Crippen molar-refractivity contribution in [3.63, 3.8) is 0 Å². The summed E-state index contributed by atoms with van der Waals surface area (Å²) in [4.78, 5) is 10.4. The van der Waals surface area contributed by atoms with E-state index in [9.17, 15) is 13.6 Å². The Balaban J connectivity index is 2.75. The number of halogens is 2. The summed E-state index contributed by atoms with van der Waals surface area (Å²) in [5.41, 5.74) is 6.86. The molecule has 1 rings (SSSR count). The van der Waals surface area contributed by atoms with Crippen LogP contribution < -0.4 is 15.9 Å². The molecule has 0 atom stereocenters. The van der Waals surface area contributed by atoms with Gasteiger partial charge in [-0.15, -0.1) is 0 Å². The Kier molecular flexibility index (Phi) is 5.89. The number of rotatable bonds is 6. The fourth-order valence-electron chi connectivity index (χ4n) is 1.36. The van der Waals surface area contributed by atoms with Gasteiger partial charge in [-0.1, -0.05) is 13.8 Å². The van der Waals surface area contributed by atoms with Crippen LogP contribution in [0.3, 0.4) is 0 Å². The van der Waals surface area contributed by atoms with Crippen molar-refractivity contribution >= 4 is 12.2 Å². The summed E-state index contributed by atoms with van der Waals surface area (Å²) in [5, 5.41) is 3.41. The Morgan fingerprint density at radius 1 is 1.45 bits per heavy atom. The van der Waals surface area contributed by atoms with Crippen molar-refractivity contribution in [2.75, 3.05) is 6.61 Å². The third-order valence-corrected chi connectivity index (χ3v) is 2.35. The van der Waals surface area contributed by atoms with Crippen LogP contribution >= 0.6 is 0 Å². The molecule has 7 heteroatoms. The molecule has 0 aliphatic carbocycles. The lowest BCUT2D eigenvalue weighted by Gasteiger charge is -2.10. The molecule has 3 N–H and O–H groups in total. The van der Waals surface area contributed by atoms with Gasteiger partial charge in [-0.25, -0.2) is 19.0 Å². The largest absolute Gasteiger partial charge is 0.488 e. The van der Waals surface area contributed by atoms with Crippen LogP contribution in [0.25, 0.3) is 0 Å². The first-order chi connectivity index (χ1) is 9.40. The minimum Gasteiger partial charge on any atom is -0.488 e. The van der Waals surface area contributed by atoms with Gasteiger partial charge in [0.2, 0.25) is 0 Å². The van der Waals surface area contributed by atoms with E-state index in [4.69, 9.17) is 10.5 Å². The average molecular weight is 285 g/mol. The lowest BCUT2D eigenvalue weighted by molar-refractivity contribution is 0.249. The molecule has 0 bridgehead atoms. The first kappa shape index (κ1) is 15.9. The number of nitrogens with one attached hydrogen (secondary N) is 1. The topological polar surface area (TPSA) is 76.7 Å². The summed E-state index contributed by atoms with van der Waals surface area (Å²) in [7, 11) is 0. The molecular weight excluding hydrogens is 268 g/mol. The van der Waals surface area contributed by atoms with Gasteiger partial charge in [-0.3, -0.25) is 0 Å². The zero-order valence-electron chi connectivity index (χ0n) is 11.3. The van der Waals surface area contributed by atoms with Crippen LogP contribution in [0.5, 0.6) is 5.75 Å². The van der Waals surface area contributed by atoms with Gasteiger partial charge in [0.15, 0.2) is 17.4 Å². The smallest absolute Gasteiger partial charge is 0.332 e. The molecule has 2 amide bonds. The first-order valence-electron chi connectivity index (χ1n) is 6.10. The number of urea groups is 1. The lowest BCUT2D eigenvalue weighted by Crippen LogP contribution is -2.24. The van der Waals surface area contributed by atoms with E-state index in [2.05, 4.69) is 5.10 Å². The van der Waals surface area contributed by atoms with Crippen LogP contribution in [0.2, 0.25) is 0 Å². The first-order valence-corrected chi connectivity index (χ1v) is 6.10. The summed E-state index contributed by atoms with van der Waals surface area (Å²) in [6, 6.07) is 1.25. The van der Waals surface area contributed by atoms with Gasteiger partial charge >= 0.3 is 6.03 Å². The number of hydrogen-bond donors (Lipinski definition) is 2. The third-order valence-electron chi connectivity index (χ3n) is 2.35. The normalized spacial score (nSPS) is 11.1. The van der Waals surface area contributed by atoms with Crippen molar-refractivity contribution in [1.29, 1.82) is 0 Å². The minimum absolute atomic E-state index is 0.143. The Labute approximate surface area is 115 Å².